The summed E-state index contributed by atoms with van der Waals surface area (Å²) in [6.45, 7) is 4.13. The standard InChI is InChI=1S/C24H27F3N6O2/c1-3-33-13-17(12-30-33)22(35)31-8-6-23(7-9-31)15-32(14-20(23)21(34)29-2)18-5-4-16(11-28)19(10-18)24(25,26)27/h4-5,10,12-13,20H,3,6-9,14-15H2,1-2H3,(H,29,34). The number of nitrogens with one attached hydrogen (secondary N) is 1. The molecule has 1 aromatic heterocycles. The van der Waals surface area contributed by atoms with Gasteiger partial charge in [-0.25, -0.2) is 0 Å². The van der Waals surface area contributed by atoms with Crippen molar-refractivity contribution >= 4 is 17.5 Å². The summed E-state index contributed by atoms with van der Waals surface area (Å²) in [6.07, 6.45) is -0.296. The fourth-order valence-corrected chi connectivity index (χ4v) is 5.25. The zero-order valence-corrected chi connectivity index (χ0v) is 19.6. The van der Waals surface area contributed by atoms with E-state index in [-0.39, 0.29) is 18.4 Å². The molecule has 0 aliphatic carbocycles. The highest BCUT2D eigenvalue weighted by Gasteiger charge is 2.51. The molecule has 2 aliphatic heterocycles. The normalized spacial score (nSPS) is 19.6. The first kappa shape index (κ1) is 24.6. The van der Waals surface area contributed by atoms with Crippen LogP contribution >= 0.6 is 0 Å². The van der Waals surface area contributed by atoms with E-state index in [1.165, 1.54) is 12.1 Å². The number of nitriles is 1. The number of hydrogen-bond donors (Lipinski definition) is 1. The van der Waals surface area contributed by atoms with Crippen molar-refractivity contribution in [3.05, 3.63) is 47.3 Å². The molecule has 11 heteroatoms. The number of halogens is 3. The molecule has 1 spiro atoms. The number of hydrogen-bond acceptors (Lipinski definition) is 5. The Labute approximate surface area is 201 Å². The van der Waals surface area contributed by atoms with Gasteiger partial charge in [0.25, 0.3) is 5.91 Å². The van der Waals surface area contributed by atoms with Gasteiger partial charge in [-0.3, -0.25) is 14.3 Å². The van der Waals surface area contributed by atoms with Crippen LogP contribution in [0.4, 0.5) is 18.9 Å². The molecule has 0 radical (unpaired) electrons. The van der Waals surface area contributed by atoms with E-state index in [9.17, 15) is 22.8 Å². The number of nitrogens with zero attached hydrogens (tertiary/aromatic N) is 5. The van der Waals surface area contributed by atoms with Crippen molar-refractivity contribution in [2.24, 2.45) is 11.3 Å². The highest BCUT2D eigenvalue weighted by atomic mass is 19.4. The van der Waals surface area contributed by atoms with E-state index in [1.54, 1.807) is 40.0 Å². The minimum absolute atomic E-state index is 0.118. The topological polar surface area (TPSA) is 94.3 Å². The maximum Gasteiger partial charge on any atom is 0.417 e. The van der Waals surface area contributed by atoms with Gasteiger partial charge in [-0.05, 0) is 38.0 Å². The van der Waals surface area contributed by atoms with Crippen LogP contribution in [0.5, 0.6) is 0 Å². The van der Waals surface area contributed by atoms with Crippen LogP contribution in [0, 0.1) is 22.7 Å². The van der Waals surface area contributed by atoms with Crippen LogP contribution in [0.1, 0.15) is 41.3 Å². The number of likely N-dealkylation sites (tertiary alicyclic amines) is 1. The van der Waals surface area contributed by atoms with Crippen molar-refractivity contribution in [3.63, 3.8) is 0 Å². The lowest BCUT2D eigenvalue weighted by Gasteiger charge is -2.41. The van der Waals surface area contributed by atoms with E-state index in [4.69, 9.17) is 5.26 Å². The predicted molar refractivity (Wildman–Crippen MR) is 121 cm³/mol. The molecule has 0 saturated carbocycles. The third-order valence-electron chi connectivity index (χ3n) is 7.26. The average molecular weight is 489 g/mol. The summed E-state index contributed by atoms with van der Waals surface area (Å²) in [5, 5.41) is 15.9. The molecule has 1 N–H and O–H groups in total. The maximum atomic E-state index is 13.5. The molecular weight excluding hydrogens is 461 g/mol. The molecule has 2 saturated heterocycles. The lowest BCUT2D eigenvalue weighted by Crippen LogP contribution is -2.49. The Balaban J connectivity index is 1.56. The van der Waals surface area contributed by atoms with E-state index in [2.05, 4.69) is 10.4 Å². The van der Waals surface area contributed by atoms with Gasteiger partial charge in [0.05, 0.1) is 34.9 Å². The number of piperidine rings is 1. The number of rotatable bonds is 4. The van der Waals surface area contributed by atoms with Gasteiger partial charge in [0.2, 0.25) is 5.91 Å². The van der Waals surface area contributed by atoms with Crippen LogP contribution in [0.25, 0.3) is 0 Å². The summed E-state index contributed by atoms with van der Waals surface area (Å²) in [7, 11) is 1.55. The molecule has 2 aliphatic rings. The van der Waals surface area contributed by atoms with E-state index in [0.717, 1.165) is 6.07 Å². The third kappa shape index (κ3) is 4.57. The molecule has 4 rings (SSSR count). The second-order valence-corrected chi connectivity index (χ2v) is 9.13. The van der Waals surface area contributed by atoms with Crippen LogP contribution < -0.4 is 10.2 Å². The van der Waals surface area contributed by atoms with Gasteiger partial charge < -0.3 is 15.1 Å². The first-order chi connectivity index (χ1) is 16.6. The van der Waals surface area contributed by atoms with Gasteiger partial charge in [0.1, 0.15) is 0 Å². The Morgan fingerprint density at radius 3 is 2.57 bits per heavy atom. The highest BCUT2D eigenvalue weighted by Crippen LogP contribution is 2.47. The summed E-state index contributed by atoms with van der Waals surface area (Å²) in [4.78, 5) is 29.3. The lowest BCUT2D eigenvalue weighted by atomic mass is 9.70. The second-order valence-electron chi connectivity index (χ2n) is 9.13. The van der Waals surface area contributed by atoms with E-state index >= 15 is 0 Å². The third-order valence-corrected chi connectivity index (χ3v) is 7.26. The van der Waals surface area contributed by atoms with Crippen LogP contribution in [0.2, 0.25) is 0 Å². The first-order valence-corrected chi connectivity index (χ1v) is 11.5. The number of aryl methyl sites for hydroxylation is 1. The summed E-state index contributed by atoms with van der Waals surface area (Å²) >= 11 is 0. The fraction of sp³-hybridized carbons (Fsp3) is 0.500. The monoisotopic (exact) mass is 488 g/mol. The van der Waals surface area contributed by atoms with Crippen molar-refractivity contribution in [1.29, 1.82) is 5.26 Å². The molecule has 2 amide bonds. The largest absolute Gasteiger partial charge is 0.417 e. The van der Waals surface area contributed by atoms with E-state index in [1.807, 2.05) is 6.92 Å². The Morgan fingerprint density at radius 1 is 1.29 bits per heavy atom. The van der Waals surface area contributed by atoms with Crippen molar-refractivity contribution in [2.45, 2.75) is 32.5 Å². The van der Waals surface area contributed by atoms with Crippen LogP contribution in [0.3, 0.4) is 0 Å². The summed E-state index contributed by atoms with van der Waals surface area (Å²) in [5.74, 6) is -0.716. The van der Waals surface area contributed by atoms with E-state index in [0.29, 0.717) is 50.3 Å². The van der Waals surface area contributed by atoms with E-state index < -0.39 is 28.6 Å². The molecule has 2 fully saturated rings. The Hall–Kier alpha value is -3.55. The maximum absolute atomic E-state index is 13.5. The fourth-order valence-electron chi connectivity index (χ4n) is 5.25. The summed E-state index contributed by atoms with van der Waals surface area (Å²) in [5.41, 5.74) is -1.06. The smallest absolute Gasteiger partial charge is 0.370 e. The minimum atomic E-state index is -4.66. The zero-order valence-electron chi connectivity index (χ0n) is 19.6. The van der Waals surface area contributed by atoms with Crippen LogP contribution in [-0.2, 0) is 17.5 Å². The average Bonchev–Trinajstić information content (AvgIpc) is 3.48. The van der Waals surface area contributed by atoms with Crippen LogP contribution in [0.15, 0.2) is 30.6 Å². The van der Waals surface area contributed by atoms with Gasteiger partial charge >= 0.3 is 6.18 Å². The summed E-state index contributed by atoms with van der Waals surface area (Å²) < 4.78 is 42.2. The molecule has 1 atom stereocenters. The van der Waals surface area contributed by atoms with Crippen molar-refractivity contribution in [1.82, 2.24) is 20.0 Å². The number of aromatic nitrogens is 2. The number of carbonyl (C=O) groups excluding carboxylic acids is 2. The summed E-state index contributed by atoms with van der Waals surface area (Å²) in [6, 6.07) is 5.26. The number of alkyl halides is 3. The van der Waals surface area contributed by atoms with Gasteiger partial charge in [0.15, 0.2) is 0 Å². The van der Waals surface area contributed by atoms with Crippen LogP contribution in [-0.4, -0.2) is 59.7 Å². The van der Waals surface area contributed by atoms with Gasteiger partial charge in [-0.2, -0.15) is 23.5 Å². The minimum Gasteiger partial charge on any atom is -0.370 e. The molecule has 3 heterocycles. The highest BCUT2D eigenvalue weighted by molar-refractivity contribution is 5.93. The lowest BCUT2D eigenvalue weighted by molar-refractivity contribution is -0.137. The van der Waals surface area contributed by atoms with Gasteiger partial charge in [-0.15, -0.1) is 0 Å². The molecule has 1 unspecified atom stereocenters. The first-order valence-electron chi connectivity index (χ1n) is 11.5. The second kappa shape index (κ2) is 9.24. The quantitative estimate of drug-likeness (QED) is 0.714. The van der Waals surface area contributed by atoms with Gasteiger partial charge in [0, 0.05) is 57.1 Å². The molecule has 0 bridgehead atoms. The number of benzene rings is 1. The predicted octanol–water partition coefficient (Wildman–Crippen LogP) is 2.90. The van der Waals surface area contributed by atoms with Crippen molar-refractivity contribution in [2.75, 3.05) is 38.1 Å². The molecule has 8 nitrogen and oxygen atoms in total. The number of anilines is 1. The number of amides is 2. The Bertz CT molecular complexity index is 1160. The molecule has 186 valence electrons. The molecule has 2 aromatic rings. The zero-order chi connectivity index (χ0) is 25.4. The Morgan fingerprint density at radius 2 is 2.00 bits per heavy atom. The molecular formula is C24H27F3N6O2. The SMILES string of the molecule is CCn1cc(C(=O)N2CCC3(CC2)CN(c2ccc(C#N)c(C(F)(F)F)c2)CC3C(=O)NC)cn1. The molecule has 35 heavy (non-hydrogen) atoms. The van der Waals surface area contributed by atoms with Gasteiger partial charge in [-0.1, -0.05) is 0 Å². The molecule has 1 aromatic carbocycles. The number of carbonyl (C=O) groups is 2. The van der Waals surface area contributed by atoms with Crippen molar-refractivity contribution in [3.8, 4) is 6.07 Å². The Kier molecular flexibility index (Phi) is 6.49. The van der Waals surface area contributed by atoms with Crippen molar-refractivity contribution < 1.29 is 22.8 Å².